The van der Waals surface area contributed by atoms with Gasteiger partial charge in [0.2, 0.25) is 0 Å². The summed E-state index contributed by atoms with van der Waals surface area (Å²) in [5.41, 5.74) is 6.38. The van der Waals surface area contributed by atoms with Gasteiger partial charge in [0.25, 0.3) is 0 Å². The molecule has 0 spiro atoms. The zero-order valence-electron chi connectivity index (χ0n) is 11.8. The Bertz CT molecular complexity index is 458. The first-order valence-corrected chi connectivity index (χ1v) is 7.12. The highest BCUT2D eigenvalue weighted by Gasteiger charge is 2.43. The van der Waals surface area contributed by atoms with E-state index in [4.69, 9.17) is 10.5 Å². The van der Waals surface area contributed by atoms with Crippen molar-refractivity contribution in [2.75, 3.05) is 6.61 Å². The third-order valence-corrected chi connectivity index (χ3v) is 4.14. The Morgan fingerprint density at radius 2 is 2.21 bits per heavy atom. The zero-order chi connectivity index (χ0) is 13.9. The molecule has 1 aromatic rings. The molecule has 0 radical (unpaired) electrons. The lowest BCUT2D eigenvalue weighted by Crippen LogP contribution is -2.41. The average Bonchev–Trinajstić information content (AvgIpc) is 2.77. The Morgan fingerprint density at radius 3 is 2.84 bits per heavy atom. The van der Waals surface area contributed by atoms with Crippen LogP contribution in [0.1, 0.15) is 49.9 Å². The quantitative estimate of drug-likeness (QED) is 0.828. The van der Waals surface area contributed by atoms with Gasteiger partial charge < -0.3 is 10.5 Å². The van der Waals surface area contributed by atoms with Gasteiger partial charge in [-0.05, 0) is 31.4 Å². The number of hydrogen-bond donors (Lipinski definition) is 1. The van der Waals surface area contributed by atoms with Crippen LogP contribution in [0.15, 0.2) is 24.3 Å². The van der Waals surface area contributed by atoms with Crippen LogP contribution >= 0.6 is 0 Å². The van der Waals surface area contributed by atoms with E-state index in [0.29, 0.717) is 17.9 Å². The molecule has 1 aromatic carbocycles. The SMILES string of the molecule is CCCOc1ccccc1C(=O)C1(C)CCCC1N. The summed E-state index contributed by atoms with van der Waals surface area (Å²) in [5, 5.41) is 0. The summed E-state index contributed by atoms with van der Waals surface area (Å²) in [7, 11) is 0. The predicted molar refractivity (Wildman–Crippen MR) is 76.5 cm³/mol. The van der Waals surface area contributed by atoms with Gasteiger partial charge >= 0.3 is 0 Å². The summed E-state index contributed by atoms with van der Waals surface area (Å²) in [6.45, 7) is 4.68. The molecule has 3 nitrogen and oxygen atoms in total. The van der Waals surface area contributed by atoms with Gasteiger partial charge in [0.1, 0.15) is 5.75 Å². The summed E-state index contributed by atoms with van der Waals surface area (Å²) in [4.78, 5) is 12.8. The number of benzene rings is 1. The van der Waals surface area contributed by atoms with E-state index >= 15 is 0 Å². The van der Waals surface area contributed by atoms with Crippen molar-refractivity contribution in [3.05, 3.63) is 29.8 Å². The van der Waals surface area contributed by atoms with E-state index in [2.05, 4.69) is 6.92 Å². The number of carbonyl (C=O) groups excluding carboxylic acids is 1. The predicted octanol–water partition coefficient (Wildman–Crippen LogP) is 3.18. The van der Waals surface area contributed by atoms with Crippen molar-refractivity contribution in [3.63, 3.8) is 0 Å². The minimum Gasteiger partial charge on any atom is -0.493 e. The summed E-state index contributed by atoms with van der Waals surface area (Å²) in [6, 6.07) is 7.46. The number of ketones is 1. The lowest BCUT2D eigenvalue weighted by atomic mass is 9.78. The van der Waals surface area contributed by atoms with Crippen LogP contribution in [0.2, 0.25) is 0 Å². The Morgan fingerprint density at radius 1 is 1.47 bits per heavy atom. The molecule has 2 N–H and O–H groups in total. The van der Waals surface area contributed by atoms with E-state index in [1.807, 2.05) is 31.2 Å². The molecule has 2 atom stereocenters. The van der Waals surface area contributed by atoms with Crippen molar-refractivity contribution < 1.29 is 9.53 Å². The highest BCUT2D eigenvalue weighted by atomic mass is 16.5. The first kappa shape index (κ1) is 14.1. The molecular formula is C16H23NO2. The van der Waals surface area contributed by atoms with E-state index in [1.54, 1.807) is 0 Å². The topological polar surface area (TPSA) is 52.3 Å². The van der Waals surface area contributed by atoms with E-state index in [-0.39, 0.29) is 11.8 Å². The van der Waals surface area contributed by atoms with Crippen molar-refractivity contribution in [2.45, 2.75) is 45.6 Å². The van der Waals surface area contributed by atoms with Crippen LogP contribution < -0.4 is 10.5 Å². The second-order valence-electron chi connectivity index (χ2n) is 5.59. The Kier molecular flexibility index (Phi) is 4.25. The number of nitrogens with two attached hydrogens (primary N) is 1. The minimum atomic E-state index is -0.439. The third kappa shape index (κ3) is 2.66. The van der Waals surface area contributed by atoms with Crippen LogP contribution in [0, 0.1) is 5.41 Å². The number of carbonyl (C=O) groups is 1. The standard InChI is InChI=1S/C16H23NO2/c1-3-11-19-13-8-5-4-7-12(13)15(18)16(2)10-6-9-14(16)17/h4-5,7-8,14H,3,6,9-11,17H2,1-2H3. The molecule has 1 saturated carbocycles. The number of ether oxygens (including phenoxy) is 1. The fourth-order valence-electron chi connectivity index (χ4n) is 2.77. The maximum atomic E-state index is 12.8. The van der Waals surface area contributed by atoms with E-state index in [1.165, 1.54) is 0 Å². The maximum absolute atomic E-state index is 12.8. The van der Waals surface area contributed by atoms with Gasteiger partial charge in [-0.25, -0.2) is 0 Å². The summed E-state index contributed by atoms with van der Waals surface area (Å²) in [5.74, 6) is 0.818. The van der Waals surface area contributed by atoms with Crippen LogP contribution in [0.3, 0.4) is 0 Å². The number of para-hydroxylation sites is 1. The maximum Gasteiger partial charge on any atom is 0.173 e. The molecule has 2 unspecified atom stereocenters. The Hall–Kier alpha value is -1.35. The molecule has 19 heavy (non-hydrogen) atoms. The van der Waals surface area contributed by atoms with Gasteiger partial charge in [-0.1, -0.05) is 32.4 Å². The molecule has 3 heteroatoms. The highest BCUT2D eigenvalue weighted by Crippen LogP contribution is 2.41. The van der Waals surface area contributed by atoms with Crippen LogP contribution in [0.4, 0.5) is 0 Å². The van der Waals surface area contributed by atoms with Gasteiger partial charge in [0.05, 0.1) is 12.2 Å². The minimum absolute atomic E-state index is 0.0424. The van der Waals surface area contributed by atoms with Crippen molar-refractivity contribution in [2.24, 2.45) is 11.1 Å². The molecule has 0 heterocycles. The molecule has 1 aliphatic rings. The van der Waals surface area contributed by atoms with Gasteiger partial charge in [-0.2, -0.15) is 0 Å². The largest absolute Gasteiger partial charge is 0.493 e. The lowest BCUT2D eigenvalue weighted by molar-refractivity contribution is 0.0798. The zero-order valence-corrected chi connectivity index (χ0v) is 11.8. The van der Waals surface area contributed by atoms with E-state index in [0.717, 1.165) is 25.7 Å². The van der Waals surface area contributed by atoms with Crippen LogP contribution in [0.5, 0.6) is 5.75 Å². The number of hydrogen-bond acceptors (Lipinski definition) is 3. The molecule has 0 bridgehead atoms. The first-order valence-electron chi connectivity index (χ1n) is 7.12. The summed E-state index contributed by atoms with van der Waals surface area (Å²) < 4.78 is 5.69. The molecule has 0 aromatic heterocycles. The molecule has 1 fully saturated rings. The smallest absolute Gasteiger partial charge is 0.173 e. The fourth-order valence-corrected chi connectivity index (χ4v) is 2.77. The van der Waals surface area contributed by atoms with Gasteiger partial charge in [-0.3, -0.25) is 4.79 Å². The molecule has 104 valence electrons. The van der Waals surface area contributed by atoms with E-state index < -0.39 is 5.41 Å². The highest BCUT2D eigenvalue weighted by molar-refractivity contribution is 6.03. The lowest BCUT2D eigenvalue weighted by Gasteiger charge is -2.28. The monoisotopic (exact) mass is 261 g/mol. The third-order valence-electron chi connectivity index (χ3n) is 4.14. The van der Waals surface area contributed by atoms with Gasteiger partial charge in [0.15, 0.2) is 5.78 Å². The number of rotatable bonds is 5. The molecule has 1 aliphatic carbocycles. The number of Topliss-reactive ketones (excluding diaryl/α,β-unsaturated/α-hetero) is 1. The van der Waals surface area contributed by atoms with Crippen LogP contribution in [-0.4, -0.2) is 18.4 Å². The fraction of sp³-hybridized carbons (Fsp3) is 0.562. The summed E-state index contributed by atoms with van der Waals surface area (Å²) >= 11 is 0. The molecular weight excluding hydrogens is 238 g/mol. The average molecular weight is 261 g/mol. The molecule has 0 aliphatic heterocycles. The van der Waals surface area contributed by atoms with Crippen LogP contribution in [-0.2, 0) is 0 Å². The van der Waals surface area contributed by atoms with Crippen molar-refractivity contribution in [1.82, 2.24) is 0 Å². The van der Waals surface area contributed by atoms with Gasteiger partial charge in [-0.15, -0.1) is 0 Å². The second-order valence-corrected chi connectivity index (χ2v) is 5.59. The van der Waals surface area contributed by atoms with Crippen molar-refractivity contribution >= 4 is 5.78 Å². The first-order chi connectivity index (χ1) is 9.09. The van der Waals surface area contributed by atoms with Crippen molar-refractivity contribution in [1.29, 1.82) is 0 Å². The van der Waals surface area contributed by atoms with Crippen LogP contribution in [0.25, 0.3) is 0 Å². The Labute approximate surface area is 115 Å². The van der Waals surface area contributed by atoms with E-state index in [9.17, 15) is 4.79 Å². The molecule has 2 rings (SSSR count). The summed E-state index contributed by atoms with van der Waals surface area (Å²) in [6.07, 6.45) is 3.76. The Balaban J connectivity index is 2.28. The van der Waals surface area contributed by atoms with Gasteiger partial charge in [0, 0.05) is 11.5 Å². The van der Waals surface area contributed by atoms with Crippen molar-refractivity contribution in [3.8, 4) is 5.75 Å². The normalized spacial score (nSPS) is 26.4. The molecule has 0 amide bonds. The second kappa shape index (κ2) is 5.74. The molecule has 0 saturated heterocycles.